The van der Waals surface area contributed by atoms with E-state index in [1.54, 1.807) is 30.1 Å². The number of hydrogen-bond acceptors (Lipinski definition) is 5. The maximum absolute atomic E-state index is 12.7. The SMILES string of the molecule is CN(CC1(O)CCCC1)C(=O)c1ccccc1-n1cnnn1. The number of tetrazole rings is 1. The first-order valence-corrected chi connectivity index (χ1v) is 7.39. The van der Waals surface area contributed by atoms with Gasteiger partial charge in [0.1, 0.15) is 6.33 Å². The minimum Gasteiger partial charge on any atom is -0.388 e. The van der Waals surface area contributed by atoms with Crippen molar-refractivity contribution in [2.75, 3.05) is 13.6 Å². The minimum absolute atomic E-state index is 0.147. The van der Waals surface area contributed by atoms with Crippen molar-refractivity contribution < 1.29 is 9.90 Å². The molecule has 0 radical (unpaired) electrons. The zero-order chi connectivity index (χ0) is 15.6. The lowest BCUT2D eigenvalue weighted by Gasteiger charge is -2.29. The lowest BCUT2D eigenvalue weighted by Crippen LogP contribution is -2.42. The predicted octanol–water partition coefficient (Wildman–Crippen LogP) is 1.04. The lowest BCUT2D eigenvalue weighted by atomic mass is 10.0. The molecule has 116 valence electrons. The summed E-state index contributed by atoms with van der Waals surface area (Å²) in [7, 11) is 1.72. The zero-order valence-corrected chi connectivity index (χ0v) is 12.5. The van der Waals surface area contributed by atoms with Crippen LogP contribution in [0.5, 0.6) is 0 Å². The molecule has 0 saturated heterocycles. The standard InChI is InChI=1S/C15H19N5O2/c1-19(10-15(22)8-4-5-9-15)14(21)12-6-2-3-7-13(12)20-11-16-17-18-20/h2-3,6-7,11,22H,4-5,8-10H2,1H3. The van der Waals surface area contributed by atoms with Crippen LogP contribution in [0.15, 0.2) is 30.6 Å². The number of aromatic nitrogens is 4. The summed E-state index contributed by atoms with van der Waals surface area (Å²) in [5.41, 5.74) is 0.385. The van der Waals surface area contributed by atoms with Crippen LogP contribution in [0.25, 0.3) is 5.69 Å². The zero-order valence-electron chi connectivity index (χ0n) is 12.5. The van der Waals surface area contributed by atoms with Crippen LogP contribution in [0, 0.1) is 0 Å². The van der Waals surface area contributed by atoms with Crippen molar-refractivity contribution in [3.63, 3.8) is 0 Å². The third kappa shape index (κ3) is 2.85. The lowest BCUT2D eigenvalue weighted by molar-refractivity contribution is 0.0156. The molecule has 1 heterocycles. The Morgan fingerprint density at radius 3 is 2.77 bits per heavy atom. The van der Waals surface area contributed by atoms with Crippen molar-refractivity contribution in [1.29, 1.82) is 0 Å². The predicted molar refractivity (Wildman–Crippen MR) is 79.5 cm³/mol. The fourth-order valence-corrected chi connectivity index (χ4v) is 3.04. The van der Waals surface area contributed by atoms with E-state index >= 15 is 0 Å². The Morgan fingerprint density at radius 1 is 1.36 bits per heavy atom. The quantitative estimate of drug-likeness (QED) is 0.912. The molecule has 1 N–H and O–H groups in total. The summed E-state index contributed by atoms with van der Waals surface area (Å²) in [6.07, 6.45) is 4.98. The van der Waals surface area contributed by atoms with Crippen molar-refractivity contribution >= 4 is 5.91 Å². The average molecular weight is 301 g/mol. The van der Waals surface area contributed by atoms with Gasteiger partial charge in [-0.1, -0.05) is 25.0 Å². The van der Waals surface area contributed by atoms with Gasteiger partial charge in [-0.15, -0.1) is 5.10 Å². The van der Waals surface area contributed by atoms with Gasteiger partial charge in [0.25, 0.3) is 5.91 Å². The third-order valence-electron chi connectivity index (χ3n) is 4.14. The topological polar surface area (TPSA) is 84.1 Å². The second-order valence-electron chi connectivity index (χ2n) is 5.86. The molecule has 1 aliphatic carbocycles. The number of para-hydroxylation sites is 1. The molecular formula is C15H19N5O2. The van der Waals surface area contributed by atoms with Crippen molar-refractivity contribution in [3.05, 3.63) is 36.2 Å². The number of likely N-dealkylation sites (N-methyl/N-ethyl adjacent to an activating group) is 1. The van der Waals surface area contributed by atoms with Crippen LogP contribution in [0.4, 0.5) is 0 Å². The molecule has 0 bridgehead atoms. The molecule has 22 heavy (non-hydrogen) atoms. The van der Waals surface area contributed by atoms with E-state index in [2.05, 4.69) is 15.5 Å². The summed E-state index contributed by atoms with van der Waals surface area (Å²) in [5.74, 6) is -0.147. The number of nitrogens with zero attached hydrogens (tertiary/aromatic N) is 5. The van der Waals surface area contributed by atoms with E-state index in [9.17, 15) is 9.90 Å². The van der Waals surface area contributed by atoms with Crippen LogP contribution in [0.1, 0.15) is 36.0 Å². The van der Waals surface area contributed by atoms with E-state index in [0.717, 1.165) is 25.7 Å². The first-order chi connectivity index (χ1) is 10.6. The molecule has 0 spiro atoms. The highest BCUT2D eigenvalue weighted by Gasteiger charge is 2.34. The van der Waals surface area contributed by atoms with Gasteiger partial charge >= 0.3 is 0 Å². The number of carbonyl (C=O) groups is 1. The maximum Gasteiger partial charge on any atom is 0.255 e. The number of rotatable bonds is 4. The van der Waals surface area contributed by atoms with Crippen LogP contribution >= 0.6 is 0 Å². The molecule has 7 nitrogen and oxygen atoms in total. The Kier molecular flexibility index (Phi) is 3.89. The van der Waals surface area contributed by atoms with E-state index in [1.807, 2.05) is 6.07 Å². The summed E-state index contributed by atoms with van der Waals surface area (Å²) in [5, 5.41) is 21.5. The molecule has 1 aliphatic rings. The summed E-state index contributed by atoms with van der Waals surface area (Å²) >= 11 is 0. The van der Waals surface area contributed by atoms with Crippen molar-refractivity contribution in [2.24, 2.45) is 0 Å². The van der Waals surface area contributed by atoms with Gasteiger partial charge in [0, 0.05) is 13.6 Å². The Hall–Kier alpha value is -2.28. The smallest absolute Gasteiger partial charge is 0.255 e. The largest absolute Gasteiger partial charge is 0.388 e. The van der Waals surface area contributed by atoms with Crippen LogP contribution in [-0.2, 0) is 0 Å². The van der Waals surface area contributed by atoms with Gasteiger partial charge in [-0.25, -0.2) is 0 Å². The highest BCUT2D eigenvalue weighted by molar-refractivity contribution is 5.97. The van der Waals surface area contributed by atoms with Gasteiger partial charge in [-0.2, -0.15) is 4.68 Å². The van der Waals surface area contributed by atoms with Gasteiger partial charge in [-0.3, -0.25) is 4.79 Å². The molecule has 1 fully saturated rings. The highest BCUT2D eigenvalue weighted by Crippen LogP contribution is 2.30. The molecule has 1 saturated carbocycles. The average Bonchev–Trinajstić information content (AvgIpc) is 3.18. The summed E-state index contributed by atoms with van der Waals surface area (Å²) in [4.78, 5) is 14.3. The molecule has 0 atom stereocenters. The maximum atomic E-state index is 12.7. The fraction of sp³-hybridized carbons (Fsp3) is 0.467. The Morgan fingerprint density at radius 2 is 2.09 bits per heavy atom. The van der Waals surface area contributed by atoms with Gasteiger partial charge in [-0.05, 0) is 35.4 Å². The molecule has 1 amide bonds. The van der Waals surface area contributed by atoms with Crippen molar-refractivity contribution in [1.82, 2.24) is 25.1 Å². The number of aliphatic hydroxyl groups is 1. The molecule has 0 aliphatic heterocycles. The van der Waals surface area contributed by atoms with Gasteiger partial charge in [0.05, 0.1) is 16.9 Å². The molecule has 3 rings (SSSR count). The monoisotopic (exact) mass is 301 g/mol. The number of carbonyl (C=O) groups excluding carboxylic acids is 1. The van der Waals surface area contributed by atoms with Gasteiger partial charge in [0.15, 0.2) is 0 Å². The molecular weight excluding hydrogens is 282 g/mol. The van der Waals surface area contributed by atoms with Crippen LogP contribution < -0.4 is 0 Å². The Bertz CT molecular complexity index is 650. The van der Waals surface area contributed by atoms with E-state index in [4.69, 9.17) is 0 Å². The number of benzene rings is 1. The van der Waals surface area contributed by atoms with Crippen molar-refractivity contribution in [3.8, 4) is 5.69 Å². The molecule has 1 aromatic carbocycles. The molecule has 7 heteroatoms. The second kappa shape index (κ2) is 5.84. The van der Waals surface area contributed by atoms with Crippen LogP contribution in [0.3, 0.4) is 0 Å². The van der Waals surface area contributed by atoms with Gasteiger partial charge < -0.3 is 10.0 Å². The van der Waals surface area contributed by atoms with E-state index < -0.39 is 5.60 Å². The van der Waals surface area contributed by atoms with Gasteiger partial charge in [0.2, 0.25) is 0 Å². The highest BCUT2D eigenvalue weighted by atomic mass is 16.3. The molecule has 2 aromatic rings. The second-order valence-corrected chi connectivity index (χ2v) is 5.86. The minimum atomic E-state index is -0.756. The van der Waals surface area contributed by atoms with Crippen molar-refractivity contribution in [2.45, 2.75) is 31.3 Å². The van der Waals surface area contributed by atoms with E-state index in [-0.39, 0.29) is 5.91 Å². The molecule has 0 unspecified atom stereocenters. The molecule has 1 aromatic heterocycles. The van der Waals surface area contributed by atoms with E-state index in [1.165, 1.54) is 11.0 Å². The van der Waals surface area contributed by atoms with E-state index in [0.29, 0.717) is 17.8 Å². The third-order valence-corrected chi connectivity index (χ3v) is 4.14. The number of hydrogen-bond donors (Lipinski definition) is 1. The summed E-state index contributed by atoms with van der Waals surface area (Å²) in [6, 6.07) is 7.17. The fourth-order valence-electron chi connectivity index (χ4n) is 3.04. The van der Waals surface area contributed by atoms with Crippen LogP contribution in [0.2, 0.25) is 0 Å². The van der Waals surface area contributed by atoms with Crippen LogP contribution in [-0.4, -0.2) is 55.3 Å². The number of amides is 1. The first-order valence-electron chi connectivity index (χ1n) is 7.39. The normalized spacial score (nSPS) is 16.6. The Balaban J connectivity index is 1.83. The summed E-state index contributed by atoms with van der Waals surface area (Å²) < 4.78 is 1.46. The summed E-state index contributed by atoms with van der Waals surface area (Å²) in [6.45, 7) is 0.343. The Labute approximate surface area is 128 Å². The first kappa shape index (κ1) is 14.6.